The number of phenols is 1. The van der Waals surface area contributed by atoms with Crippen LogP contribution in [0.4, 0.5) is 5.69 Å². The Balaban J connectivity index is 1.50. The molecule has 3 aromatic carbocycles. The molecule has 4 aromatic rings. The number of phenolic OH excluding ortho intramolecular Hbond substituents is 1. The number of thiocarbonyl (C=S) groups is 1. The van der Waals surface area contributed by atoms with E-state index in [1.807, 2.05) is 18.2 Å². The van der Waals surface area contributed by atoms with Gasteiger partial charge in [0.05, 0.1) is 17.7 Å². The molecule has 9 heteroatoms. The lowest BCUT2D eigenvalue weighted by Crippen LogP contribution is -2.34. The van der Waals surface area contributed by atoms with Gasteiger partial charge in [-0.2, -0.15) is 0 Å². The zero-order chi connectivity index (χ0) is 22.0. The summed E-state index contributed by atoms with van der Waals surface area (Å²) in [6, 6.07) is 16.7. The lowest BCUT2D eigenvalue weighted by Gasteiger charge is -2.11. The van der Waals surface area contributed by atoms with E-state index >= 15 is 0 Å². The Morgan fingerprint density at radius 2 is 1.97 bits per heavy atom. The van der Waals surface area contributed by atoms with Gasteiger partial charge < -0.3 is 19.6 Å². The molecule has 7 nitrogen and oxygen atoms in total. The summed E-state index contributed by atoms with van der Waals surface area (Å²) < 4.78 is 10.8. The molecule has 0 atom stereocenters. The van der Waals surface area contributed by atoms with E-state index in [4.69, 9.17) is 33.0 Å². The minimum atomic E-state index is -0.431. The predicted octanol–water partition coefficient (Wildman–Crippen LogP) is 4.99. The van der Waals surface area contributed by atoms with Gasteiger partial charge in [0.2, 0.25) is 5.89 Å². The van der Waals surface area contributed by atoms with Crippen LogP contribution in [0.2, 0.25) is 5.02 Å². The third-order valence-corrected chi connectivity index (χ3v) is 4.92. The summed E-state index contributed by atoms with van der Waals surface area (Å²) in [5.74, 6) is 0.305. The van der Waals surface area contributed by atoms with Crippen molar-refractivity contribution in [1.29, 1.82) is 0 Å². The number of halogens is 1. The van der Waals surface area contributed by atoms with Crippen LogP contribution in [-0.2, 0) is 0 Å². The van der Waals surface area contributed by atoms with E-state index in [1.165, 1.54) is 19.2 Å². The number of aromatic nitrogens is 1. The van der Waals surface area contributed by atoms with Crippen molar-refractivity contribution in [2.24, 2.45) is 0 Å². The Labute approximate surface area is 187 Å². The molecule has 0 fully saturated rings. The molecular formula is C22H16ClN3O4S. The minimum Gasteiger partial charge on any atom is -0.507 e. The first-order valence-electron chi connectivity index (χ1n) is 9.09. The number of carbonyl (C=O) groups is 1. The second-order valence-electron chi connectivity index (χ2n) is 6.48. The molecule has 0 aliphatic rings. The van der Waals surface area contributed by atoms with Gasteiger partial charge in [-0.3, -0.25) is 10.1 Å². The zero-order valence-electron chi connectivity index (χ0n) is 16.2. The number of aromatic hydroxyl groups is 1. The number of carbonyl (C=O) groups excluding carboxylic acids is 1. The second-order valence-corrected chi connectivity index (χ2v) is 7.29. The highest BCUT2D eigenvalue weighted by Gasteiger charge is 2.15. The quantitative estimate of drug-likeness (QED) is 0.296. The molecule has 0 saturated heterocycles. The molecule has 0 radical (unpaired) electrons. The van der Waals surface area contributed by atoms with Crippen molar-refractivity contribution < 1.29 is 19.1 Å². The van der Waals surface area contributed by atoms with E-state index < -0.39 is 5.91 Å². The molecule has 0 unspecified atom stereocenters. The zero-order valence-corrected chi connectivity index (χ0v) is 17.8. The molecule has 3 N–H and O–H groups in total. The summed E-state index contributed by atoms with van der Waals surface area (Å²) in [4.78, 5) is 16.8. The Kier molecular flexibility index (Phi) is 5.75. The van der Waals surface area contributed by atoms with Crippen molar-refractivity contribution in [3.8, 4) is 23.0 Å². The molecule has 0 aliphatic carbocycles. The molecule has 156 valence electrons. The number of benzene rings is 3. The fourth-order valence-corrected chi connectivity index (χ4v) is 3.39. The number of ether oxygens (including phenoxy) is 1. The van der Waals surface area contributed by atoms with E-state index in [2.05, 4.69) is 15.6 Å². The maximum Gasteiger partial charge on any atom is 0.257 e. The molecule has 0 bridgehead atoms. The van der Waals surface area contributed by atoms with Gasteiger partial charge >= 0.3 is 0 Å². The summed E-state index contributed by atoms with van der Waals surface area (Å²) >= 11 is 11.3. The fourth-order valence-electron chi connectivity index (χ4n) is 2.92. The highest BCUT2D eigenvalue weighted by atomic mass is 35.5. The maximum atomic E-state index is 12.4. The van der Waals surface area contributed by atoms with Gasteiger partial charge in [0, 0.05) is 11.3 Å². The number of hydrogen-bond acceptors (Lipinski definition) is 6. The number of hydrogen-bond donors (Lipinski definition) is 3. The first-order chi connectivity index (χ1) is 14.9. The van der Waals surface area contributed by atoms with Gasteiger partial charge in [0.15, 0.2) is 10.7 Å². The molecule has 4 rings (SSSR count). The van der Waals surface area contributed by atoms with Gasteiger partial charge in [-0.25, -0.2) is 4.98 Å². The lowest BCUT2D eigenvalue weighted by atomic mass is 10.1. The van der Waals surface area contributed by atoms with Crippen LogP contribution in [-0.4, -0.2) is 28.2 Å². The average molecular weight is 454 g/mol. The van der Waals surface area contributed by atoms with Gasteiger partial charge in [-0.05, 0) is 60.7 Å². The third-order valence-electron chi connectivity index (χ3n) is 4.42. The topological polar surface area (TPSA) is 96.6 Å². The fraction of sp³-hybridized carbons (Fsp3) is 0.0455. The molecular weight excluding hydrogens is 438 g/mol. The molecule has 1 aromatic heterocycles. The summed E-state index contributed by atoms with van der Waals surface area (Å²) in [6.45, 7) is 0. The predicted molar refractivity (Wildman–Crippen MR) is 123 cm³/mol. The molecule has 1 amide bonds. The van der Waals surface area contributed by atoms with Crippen LogP contribution in [0, 0.1) is 0 Å². The smallest absolute Gasteiger partial charge is 0.257 e. The molecule has 0 aliphatic heterocycles. The van der Waals surface area contributed by atoms with E-state index in [1.54, 1.807) is 30.3 Å². The number of oxazole rings is 1. The van der Waals surface area contributed by atoms with Crippen LogP contribution in [0.3, 0.4) is 0 Å². The maximum absolute atomic E-state index is 12.4. The number of rotatable bonds is 4. The minimum absolute atomic E-state index is 0.0000604. The van der Waals surface area contributed by atoms with E-state index in [9.17, 15) is 9.90 Å². The number of fused-ring (bicyclic) bond motifs is 1. The third kappa shape index (κ3) is 4.45. The molecule has 1 heterocycles. The lowest BCUT2D eigenvalue weighted by molar-refractivity contribution is 0.0977. The summed E-state index contributed by atoms with van der Waals surface area (Å²) in [5.41, 5.74) is 2.53. The normalized spacial score (nSPS) is 10.6. The first kappa shape index (κ1) is 20.6. The number of nitrogens with one attached hydrogen (secondary N) is 2. The van der Waals surface area contributed by atoms with Crippen molar-refractivity contribution in [3.05, 3.63) is 71.2 Å². The first-order valence-corrected chi connectivity index (χ1v) is 9.88. The Morgan fingerprint density at radius 3 is 2.71 bits per heavy atom. The molecule has 31 heavy (non-hydrogen) atoms. The largest absolute Gasteiger partial charge is 0.507 e. The summed E-state index contributed by atoms with van der Waals surface area (Å²) in [6.07, 6.45) is 0. The SMILES string of the molecule is COc1ccc(C(=O)NC(=S)Nc2ccc(O)c(-c3nc4ccccc4o3)c2)cc1Cl. The highest BCUT2D eigenvalue weighted by Crippen LogP contribution is 2.33. The standard InChI is InChI=1S/C22H16ClN3O4S/c1-29-18-9-6-12(10-15(18)23)20(28)26-22(31)24-13-7-8-17(27)14(11-13)21-25-16-4-2-3-5-19(16)30-21/h2-11,27H,1H3,(H2,24,26,28,31). The van der Waals surface area contributed by atoms with Crippen molar-refractivity contribution in [2.45, 2.75) is 0 Å². The van der Waals surface area contributed by atoms with E-state index in [-0.39, 0.29) is 16.8 Å². The van der Waals surface area contributed by atoms with Crippen molar-refractivity contribution >= 4 is 51.6 Å². The Hall–Kier alpha value is -3.62. The Morgan fingerprint density at radius 1 is 1.16 bits per heavy atom. The molecule has 0 saturated carbocycles. The van der Waals surface area contributed by atoms with Crippen molar-refractivity contribution in [1.82, 2.24) is 10.3 Å². The van der Waals surface area contributed by atoms with Crippen LogP contribution in [0.1, 0.15) is 10.4 Å². The van der Waals surface area contributed by atoms with Gasteiger partial charge in [-0.15, -0.1) is 0 Å². The summed E-state index contributed by atoms with van der Waals surface area (Å²) in [5, 5.41) is 16.1. The van der Waals surface area contributed by atoms with Crippen LogP contribution < -0.4 is 15.4 Å². The van der Waals surface area contributed by atoms with E-state index in [0.29, 0.717) is 38.7 Å². The summed E-state index contributed by atoms with van der Waals surface area (Å²) in [7, 11) is 1.49. The van der Waals surface area contributed by atoms with Crippen LogP contribution in [0.25, 0.3) is 22.6 Å². The van der Waals surface area contributed by atoms with Gasteiger partial charge in [0.25, 0.3) is 5.91 Å². The van der Waals surface area contributed by atoms with Crippen molar-refractivity contribution in [2.75, 3.05) is 12.4 Å². The van der Waals surface area contributed by atoms with Gasteiger partial charge in [0.1, 0.15) is 17.0 Å². The Bertz CT molecular complexity index is 1270. The van der Waals surface area contributed by atoms with Crippen LogP contribution in [0.5, 0.6) is 11.5 Å². The van der Waals surface area contributed by atoms with Crippen LogP contribution in [0.15, 0.2) is 65.1 Å². The van der Waals surface area contributed by atoms with Crippen LogP contribution >= 0.6 is 23.8 Å². The van der Waals surface area contributed by atoms with Gasteiger partial charge in [-0.1, -0.05) is 23.7 Å². The van der Waals surface area contributed by atoms with E-state index in [0.717, 1.165) is 0 Å². The molecule has 0 spiro atoms. The number of anilines is 1. The number of methoxy groups -OCH3 is 1. The number of nitrogens with zero attached hydrogens (tertiary/aromatic N) is 1. The monoisotopic (exact) mass is 453 g/mol. The highest BCUT2D eigenvalue weighted by molar-refractivity contribution is 7.80. The average Bonchev–Trinajstić information content (AvgIpc) is 3.19. The second kappa shape index (κ2) is 8.63. The number of amides is 1. The van der Waals surface area contributed by atoms with Crippen molar-refractivity contribution in [3.63, 3.8) is 0 Å². The number of para-hydroxylation sites is 2.